The van der Waals surface area contributed by atoms with E-state index >= 15 is 0 Å². The molecule has 4 unspecified atom stereocenters. The second kappa shape index (κ2) is 5.40. The average molecular weight is 250 g/mol. The Morgan fingerprint density at radius 3 is 2.61 bits per heavy atom. The molecule has 1 saturated carbocycles. The van der Waals surface area contributed by atoms with Crippen LogP contribution < -0.4 is 0 Å². The van der Waals surface area contributed by atoms with Crippen LogP contribution in [0.2, 0.25) is 0 Å². The number of hydrogen-bond donors (Lipinski definition) is 1. The van der Waals surface area contributed by atoms with E-state index in [0.717, 1.165) is 25.2 Å². The molecule has 100 valence electrons. The molecule has 2 heteroatoms. The molecule has 1 aliphatic carbocycles. The molecule has 2 rings (SSSR count). The van der Waals surface area contributed by atoms with Crippen molar-refractivity contribution in [2.45, 2.75) is 46.1 Å². The van der Waals surface area contributed by atoms with Gasteiger partial charge in [-0.1, -0.05) is 38.5 Å². The van der Waals surface area contributed by atoms with Crippen molar-refractivity contribution < 1.29 is 9.50 Å². The second-order valence-corrected chi connectivity index (χ2v) is 5.95. The van der Waals surface area contributed by atoms with Crippen LogP contribution in [0.1, 0.15) is 50.3 Å². The summed E-state index contributed by atoms with van der Waals surface area (Å²) in [6, 6.07) is 5.29. The van der Waals surface area contributed by atoms with Gasteiger partial charge in [0.15, 0.2) is 0 Å². The molecule has 1 aliphatic rings. The van der Waals surface area contributed by atoms with Gasteiger partial charge in [0.1, 0.15) is 5.82 Å². The van der Waals surface area contributed by atoms with E-state index in [1.165, 1.54) is 0 Å². The Labute approximate surface area is 109 Å². The van der Waals surface area contributed by atoms with Crippen LogP contribution in [-0.4, -0.2) is 5.11 Å². The summed E-state index contributed by atoms with van der Waals surface area (Å²) in [5.41, 5.74) is 1.09. The zero-order valence-electron chi connectivity index (χ0n) is 11.5. The van der Waals surface area contributed by atoms with Crippen LogP contribution in [0.15, 0.2) is 18.2 Å². The molecule has 0 amide bonds. The Hall–Kier alpha value is -0.890. The number of aliphatic hydroxyl groups is 1. The largest absolute Gasteiger partial charge is 0.388 e. The molecule has 0 aliphatic heterocycles. The first-order valence-electron chi connectivity index (χ1n) is 6.93. The summed E-state index contributed by atoms with van der Waals surface area (Å²) in [7, 11) is 0. The third-order valence-electron chi connectivity index (χ3n) is 4.63. The maximum atomic E-state index is 14.0. The number of hydrogen-bond acceptors (Lipinski definition) is 1. The molecule has 0 aromatic heterocycles. The lowest BCUT2D eigenvalue weighted by atomic mass is 9.73. The van der Waals surface area contributed by atoms with Gasteiger partial charge < -0.3 is 5.11 Å². The van der Waals surface area contributed by atoms with Crippen molar-refractivity contribution in [1.82, 2.24) is 0 Å². The van der Waals surface area contributed by atoms with Gasteiger partial charge in [0.05, 0.1) is 6.10 Å². The first-order chi connectivity index (χ1) is 8.50. The highest BCUT2D eigenvalue weighted by molar-refractivity contribution is 5.27. The maximum absolute atomic E-state index is 14.0. The summed E-state index contributed by atoms with van der Waals surface area (Å²) in [5, 5.41) is 10.4. The zero-order valence-corrected chi connectivity index (χ0v) is 11.5. The number of aliphatic hydroxyl groups excluding tert-OH is 1. The van der Waals surface area contributed by atoms with Crippen molar-refractivity contribution in [3.05, 3.63) is 35.1 Å². The van der Waals surface area contributed by atoms with Crippen molar-refractivity contribution in [1.29, 1.82) is 0 Å². The van der Waals surface area contributed by atoms with Crippen LogP contribution in [0.3, 0.4) is 0 Å². The minimum atomic E-state index is -0.653. The van der Waals surface area contributed by atoms with Crippen LogP contribution in [-0.2, 0) is 0 Å². The molecule has 4 atom stereocenters. The molecule has 0 heterocycles. The number of benzene rings is 1. The van der Waals surface area contributed by atoms with Crippen LogP contribution in [0, 0.1) is 30.5 Å². The average Bonchev–Trinajstić information content (AvgIpc) is 2.35. The fourth-order valence-corrected chi connectivity index (χ4v) is 3.03. The van der Waals surface area contributed by atoms with E-state index in [9.17, 15) is 9.50 Å². The molecule has 1 fully saturated rings. The van der Waals surface area contributed by atoms with Crippen molar-refractivity contribution in [3.63, 3.8) is 0 Å². The van der Waals surface area contributed by atoms with Crippen molar-refractivity contribution in [2.24, 2.45) is 17.8 Å². The summed E-state index contributed by atoms with van der Waals surface area (Å²) in [6.45, 7) is 6.24. The zero-order chi connectivity index (χ0) is 13.3. The topological polar surface area (TPSA) is 20.2 Å². The van der Waals surface area contributed by atoms with E-state index < -0.39 is 6.10 Å². The molecule has 1 N–H and O–H groups in total. The number of rotatable bonds is 2. The van der Waals surface area contributed by atoms with E-state index in [-0.39, 0.29) is 11.7 Å². The molecule has 0 bridgehead atoms. The molecule has 1 aromatic carbocycles. The normalized spacial score (nSPS) is 30.2. The SMILES string of the molecule is Cc1cccc(C(O)C2CCC(C)C(C)C2)c1F. The Morgan fingerprint density at radius 2 is 1.94 bits per heavy atom. The molecule has 0 radical (unpaired) electrons. The lowest BCUT2D eigenvalue weighted by Crippen LogP contribution is -2.25. The fourth-order valence-electron chi connectivity index (χ4n) is 3.03. The predicted molar refractivity (Wildman–Crippen MR) is 71.8 cm³/mol. The Kier molecular flexibility index (Phi) is 4.06. The lowest BCUT2D eigenvalue weighted by molar-refractivity contribution is 0.0535. The minimum Gasteiger partial charge on any atom is -0.388 e. The van der Waals surface area contributed by atoms with Crippen LogP contribution >= 0.6 is 0 Å². The molecule has 0 saturated heterocycles. The molecular formula is C16H23FO. The Morgan fingerprint density at radius 1 is 1.22 bits per heavy atom. The molecule has 1 nitrogen and oxygen atoms in total. The first kappa shape index (κ1) is 13.5. The highest BCUT2D eigenvalue weighted by Crippen LogP contribution is 2.40. The predicted octanol–water partition coefficient (Wildman–Crippen LogP) is 4.24. The van der Waals surface area contributed by atoms with Crippen LogP contribution in [0.25, 0.3) is 0 Å². The van der Waals surface area contributed by atoms with E-state index in [1.807, 2.05) is 6.07 Å². The van der Waals surface area contributed by atoms with Gasteiger partial charge in [-0.25, -0.2) is 4.39 Å². The highest BCUT2D eigenvalue weighted by Gasteiger charge is 2.31. The van der Waals surface area contributed by atoms with Gasteiger partial charge in [0, 0.05) is 5.56 Å². The van der Waals surface area contributed by atoms with Gasteiger partial charge in [-0.2, -0.15) is 0 Å². The summed E-state index contributed by atoms with van der Waals surface area (Å²) in [6.07, 6.45) is 2.48. The quantitative estimate of drug-likeness (QED) is 0.832. The van der Waals surface area contributed by atoms with E-state index in [1.54, 1.807) is 19.1 Å². The van der Waals surface area contributed by atoms with Gasteiger partial charge in [-0.05, 0) is 43.1 Å². The van der Waals surface area contributed by atoms with Gasteiger partial charge in [-0.15, -0.1) is 0 Å². The molecule has 18 heavy (non-hydrogen) atoms. The Bertz CT molecular complexity index is 416. The Balaban J connectivity index is 2.16. The maximum Gasteiger partial charge on any atom is 0.131 e. The fraction of sp³-hybridized carbons (Fsp3) is 0.625. The van der Waals surface area contributed by atoms with Crippen molar-refractivity contribution in [2.75, 3.05) is 0 Å². The van der Waals surface area contributed by atoms with Gasteiger partial charge in [0.25, 0.3) is 0 Å². The second-order valence-electron chi connectivity index (χ2n) is 5.95. The standard InChI is InChI=1S/C16H23FO/c1-10-7-8-13(9-12(10)3)16(18)14-6-4-5-11(2)15(14)17/h4-6,10,12-13,16,18H,7-9H2,1-3H3. The number of halogens is 1. The first-order valence-corrected chi connectivity index (χ1v) is 6.93. The third kappa shape index (κ3) is 2.59. The summed E-state index contributed by atoms with van der Waals surface area (Å²) in [4.78, 5) is 0. The molecular weight excluding hydrogens is 227 g/mol. The molecule has 0 spiro atoms. The summed E-state index contributed by atoms with van der Waals surface area (Å²) < 4.78 is 14.0. The van der Waals surface area contributed by atoms with Gasteiger partial charge >= 0.3 is 0 Å². The summed E-state index contributed by atoms with van der Waals surface area (Å²) in [5.74, 6) is 1.30. The monoisotopic (exact) mass is 250 g/mol. The van der Waals surface area contributed by atoms with E-state index in [0.29, 0.717) is 17.0 Å². The van der Waals surface area contributed by atoms with Crippen molar-refractivity contribution >= 4 is 0 Å². The van der Waals surface area contributed by atoms with Crippen LogP contribution in [0.5, 0.6) is 0 Å². The highest BCUT2D eigenvalue weighted by atomic mass is 19.1. The number of aryl methyl sites for hydroxylation is 1. The minimum absolute atomic E-state index is 0.201. The smallest absolute Gasteiger partial charge is 0.131 e. The molecule has 1 aromatic rings. The van der Waals surface area contributed by atoms with Gasteiger partial charge in [-0.3, -0.25) is 0 Å². The van der Waals surface area contributed by atoms with Crippen LogP contribution in [0.4, 0.5) is 4.39 Å². The summed E-state index contributed by atoms with van der Waals surface area (Å²) >= 11 is 0. The van der Waals surface area contributed by atoms with Gasteiger partial charge in [0.2, 0.25) is 0 Å². The van der Waals surface area contributed by atoms with Crippen molar-refractivity contribution in [3.8, 4) is 0 Å². The van der Waals surface area contributed by atoms with E-state index in [2.05, 4.69) is 13.8 Å². The third-order valence-corrected chi connectivity index (χ3v) is 4.63. The van der Waals surface area contributed by atoms with E-state index in [4.69, 9.17) is 0 Å². The lowest BCUT2D eigenvalue weighted by Gasteiger charge is -2.35.